The smallest absolute Gasteiger partial charge is 0.193 e. The monoisotopic (exact) mass is 304 g/mol. The molecule has 0 saturated heterocycles. The number of hydrogen-bond acceptors (Lipinski definition) is 3. The van der Waals surface area contributed by atoms with E-state index in [1.165, 1.54) is 0 Å². The average molecular weight is 304 g/mol. The van der Waals surface area contributed by atoms with Crippen LogP contribution in [0.3, 0.4) is 0 Å². The van der Waals surface area contributed by atoms with Gasteiger partial charge in [-0.25, -0.2) is 0 Å². The van der Waals surface area contributed by atoms with Gasteiger partial charge in [0.1, 0.15) is 11.5 Å². The van der Waals surface area contributed by atoms with Gasteiger partial charge in [0.15, 0.2) is 5.78 Å². The van der Waals surface area contributed by atoms with Crippen molar-refractivity contribution >= 4 is 17.5 Å². The molecule has 0 amide bonds. The van der Waals surface area contributed by atoms with Gasteiger partial charge >= 0.3 is 0 Å². The number of ketones is 1. The summed E-state index contributed by atoms with van der Waals surface area (Å²) >= 11 is 1.63. The molecule has 0 bridgehead atoms. The fourth-order valence-electron chi connectivity index (χ4n) is 2.43. The quantitative estimate of drug-likeness (QED) is 0.478. The summed E-state index contributed by atoms with van der Waals surface area (Å²) in [5, 5.41) is 0. The first-order valence-electron chi connectivity index (χ1n) is 7.00. The van der Waals surface area contributed by atoms with Crippen LogP contribution in [0.1, 0.15) is 15.9 Å². The molecule has 1 aliphatic rings. The molecule has 2 nitrogen and oxygen atoms in total. The van der Waals surface area contributed by atoms with Crippen LogP contribution in [-0.4, -0.2) is 5.78 Å². The Morgan fingerprint density at radius 1 is 0.727 bits per heavy atom. The zero-order chi connectivity index (χ0) is 14.9. The van der Waals surface area contributed by atoms with Crippen LogP contribution in [0.15, 0.2) is 82.6 Å². The number of fused-ring (bicyclic) bond motifs is 2. The summed E-state index contributed by atoms with van der Waals surface area (Å²) in [7, 11) is 0. The molecular weight excluding hydrogens is 292 g/mol. The maximum Gasteiger partial charge on any atom is 0.193 e. The SMILES string of the molecule is O=C(c1ccccc1)c1ccc2c(c1)Sc1ccccc1O2. The average Bonchev–Trinajstić information content (AvgIpc) is 2.59. The highest BCUT2D eigenvalue weighted by Crippen LogP contribution is 2.47. The van der Waals surface area contributed by atoms with Crippen LogP contribution in [-0.2, 0) is 0 Å². The Hall–Kier alpha value is -2.52. The molecule has 0 atom stereocenters. The summed E-state index contributed by atoms with van der Waals surface area (Å²) in [6.45, 7) is 0. The van der Waals surface area contributed by atoms with Crippen molar-refractivity contribution in [2.75, 3.05) is 0 Å². The van der Waals surface area contributed by atoms with Gasteiger partial charge in [0.05, 0.1) is 9.79 Å². The second-order valence-electron chi connectivity index (χ2n) is 5.01. The molecule has 0 unspecified atom stereocenters. The van der Waals surface area contributed by atoms with Gasteiger partial charge in [-0.1, -0.05) is 54.2 Å². The summed E-state index contributed by atoms with van der Waals surface area (Å²) in [5.74, 6) is 1.69. The molecule has 0 fully saturated rings. The number of ether oxygens (including phenoxy) is 1. The Labute approximate surface area is 132 Å². The Morgan fingerprint density at radius 2 is 1.45 bits per heavy atom. The van der Waals surface area contributed by atoms with Crippen molar-refractivity contribution < 1.29 is 9.53 Å². The van der Waals surface area contributed by atoms with Crippen molar-refractivity contribution in [3.8, 4) is 11.5 Å². The largest absolute Gasteiger partial charge is 0.455 e. The van der Waals surface area contributed by atoms with Crippen LogP contribution in [0.25, 0.3) is 0 Å². The second kappa shape index (κ2) is 5.35. The Kier molecular flexibility index (Phi) is 3.20. The summed E-state index contributed by atoms with van der Waals surface area (Å²) in [5.41, 5.74) is 1.38. The van der Waals surface area contributed by atoms with Crippen molar-refractivity contribution in [1.29, 1.82) is 0 Å². The van der Waals surface area contributed by atoms with Gasteiger partial charge in [-0.2, -0.15) is 0 Å². The van der Waals surface area contributed by atoms with E-state index in [0.717, 1.165) is 21.3 Å². The lowest BCUT2D eigenvalue weighted by atomic mass is 10.0. The standard InChI is InChI=1S/C19H12O2S/c20-19(13-6-2-1-3-7-13)14-10-11-16-18(12-14)22-17-9-5-4-8-15(17)21-16/h1-12H. The highest BCUT2D eigenvalue weighted by atomic mass is 32.2. The van der Waals surface area contributed by atoms with Crippen LogP contribution in [0, 0.1) is 0 Å². The lowest BCUT2D eigenvalue weighted by Gasteiger charge is -2.19. The molecule has 1 aliphatic heterocycles. The van der Waals surface area contributed by atoms with Crippen LogP contribution in [0.2, 0.25) is 0 Å². The predicted molar refractivity (Wildman–Crippen MR) is 87.0 cm³/mol. The number of carbonyl (C=O) groups excluding carboxylic acids is 1. The van der Waals surface area contributed by atoms with E-state index < -0.39 is 0 Å². The molecule has 106 valence electrons. The van der Waals surface area contributed by atoms with Gasteiger partial charge in [0, 0.05) is 11.1 Å². The maximum atomic E-state index is 12.5. The van der Waals surface area contributed by atoms with E-state index in [1.807, 2.05) is 72.8 Å². The van der Waals surface area contributed by atoms with E-state index in [1.54, 1.807) is 11.8 Å². The third-order valence-electron chi connectivity index (χ3n) is 3.53. The molecule has 22 heavy (non-hydrogen) atoms. The highest BCUT2D eigenvalue weighted by molar-refractivity contribution is 7.99. The number of rotatable bonds is 2. The van der Waals surface area contributed by atoms with E-state index in [9.17, 15) is 4.79 Å². The van der Waals surface area contributed by atoms with Gasteiger partial charge in [0.2, 0.25) is 0 Å². The molecule has 4 rings (SSSR count). The van der Waals surface area contributed by atoms with Crippen LogP contribution < -0.4 is 4.74 Å². The minimum absolute atomic E-state index is 0.0304. The van der Waals surface area contributed by atoms with Crippen molar-refractivity contribution in [3.05, 3.63) is 83.9 Å². The van der Waals surface area contributed by atoms with Crippen LogP contribution >= 0.6 is 11.8 Å². The number of benzene rings is 3. The molecule has 0 aromatic heterocycles. The summed E-state index contributed by atoms with van der Waals surface area (Å²) in [6.07, 6.45) is 0. The first-order chi connectivity index (χ1) is 10.8. The Bertz CT molecular complexity index is 856. The molecule has 1 heterocycles. The Morgan fingerprint density at radius 3 is 2.32 bits per heavy atom. The molecule has 0 N–H and O–H groups in total. The van der Waals surface area contributed by atoms with E-state index in [4.69, 9.17) is 4.74 Å². The molecule has 3 aromatic rings. The van der Waals surface area contributed by atoms with E-state index in [0.29, 0.717) is 11.1 Å². The van der Waals surface area contributed by atoms with Crippen LogP contribution in [0.4, 0.5) is 0 Å². The van der Waals surface area contributed by atoms with Crippen molar-refractivity contribution in [3.63, 3.8) is 0 Å². The van der Waals surface area contributed by atoms with E-state index >= 15 is 0 Å². The minimum Gasteiger partial charge on any atom is -0.455 e. The molecule has 3 heteroatoms. The molecule has 0 aliphatic carbocycles. The Balaban J connectivity index is 1.70. The minimum atomic E-state index is 0.0304. The lowest BCUT2D eigenvalue weighted by Crippen LogP contribution is -2.02. The van der Waals surface area contributed by atoms with Crippen molar-refractivity contribution in [1.82, 2.24) is 0 Å². The van der Waals surface area contributed by atoms with Gasteiger partial charge in [0.25, 0.3) is 0 Å². The first kappa shape index (κ1) is 13.2. The van der Waals surface area contributed by atoms with E-state index in [-0.39, 0.29) is 5.78 Å². The molecule has 0 spiro atoms. The molecular formula is C19H12O2S. The van der Waals surface area contributed by atoms with Gasteiger partial charge < -0.3 is 4.74 Å². The summed E-state index contributed by atoms with van der Waals surface area (Å²) in [4.78, 5) is 14.6. The van der Waals surface area contributed by atoms with Crippen molar-refractivity contribution in [2.24, 2.45) is 0 Å². The van der Waals surface area contributed by atoms with Gasteiger partial charge in [-0.15, -0.1) is 0 Å². The topological polar surface area (TPSA) is 26.3 Å². The molecule has 0 radical (unpaired) electrons. The van der Waals surface area contributed by atoms with Gasteiger partial charge in [-0.05, 0) is 30.3 Å². The van der Waals surface area contributed by atoms with Crippen LogP contribution in [0.5, 0.6) is 11.5 Å². The molecule has 3 aromatic carbocycles. The van der Waals surface area contributed by atoms with Crippen molar-refractivity contribution in [2.45, 2.75) is 9.79 Å². The van der Waals surface area contributed by atoms with Gasteiger partial charge in [-0.3, -0.25) is 4.79 Å². The highest BCUT2D eigenvalue weighted by Gasteiger charge is 2.19. The first-order valence-corrected chi connectivity index (χ1v) is 7.81. The third-order valence-corrected chi connectivity index (χ3v) is 4.63. The fourth-order valence-corrected chi connectivity index (χ4v) is 3.42. The fraction of sp³-hybridized carbons (Fsp3) is 0. The zero-order valence-electron chi connectivity index (χ0n) is 11.7. The maximum absolute atomic E-state index is 12.5. The number of para-hydroxylation sites is 1. The number of carbonyl (C=O) groups is 1. The summed E-state index contributed by atoms with van der Waals surface area (Å²) in [6, 6.07) is 22.8. The third kappa shape index (κ3) is 2.30. The second-order valence-corrected chi connectivity index (χ2v) is 6.09. The molecule has 0 saturated carbocycles. The van der Waals surface area contributed by atoms with E-state index in [2.05, 4.69) is 0 Å². The number of hydrogen-bond donors (Lipinski definition) is 0. The predicted octanol–water partition coefficient (Wildman–Crippen LogP) is 5.17. The summed E-state index contributed by atoms with van der Waals surface area (Å²) < 4.78 is 5.89. The normalized spacial score (nSPS) is 12.0. The lowest BCUT2D eigenvalue weighted by molar-refractivity contribution is 0.103. The zero-order valence-corrected chi connectivity index (χ0v) is 12.5.